The number of ether oxygens (including phenoxy) is 1. The Kier molecular flexibility index (Phi) is 3.47. The fraction of sp³-hybridized carbons (Fsp3) is 0.312. The van der Waals surface area contributed by atoms with Gasteiger partial charge in [-0.2, -0.15) is 0 Å². The van der Waals surface area contributed by atoms with E-state index in [0.29, 0.717) is 0 Å². The van der Waals surface area contributed by atoms with Crippen LogP contribution in [-0.2, 0) is 13.0 Å². The van der Waals surface area contributed by atoms with Gasteiger partial charge in [-0.15, -0.1) is 0 Å². The van der Waals surface area contributed by atoms with Gasteiger partial charge in [0.2, 0.25) is 0 Å². The van der Waals surface area contributed by atoms with Gasteiger partial charge in [0.05, 0.1) is 5.69 Å². The second kappa shape index (κ2) is 5.41. The van der Waals surface area contributed by atoms with Crippen LogP contribution in [0.3, 0.4) is 0 Å². The number of benzene rings is 1. The lowest BCUT2D eigenvalue weighted by Crippen LogP contribution is -2.29. The molecule has 3 nitrogen and oxygen atoms in total. The van der Waals surface area contributed by atoms with Gasteiger partial charge in [0.15, 0.2) is 0 Å². The van der Waals surface area contributed by atoms with E-state index in [4.69, 9.17) is 4.74 Å². The normalized spacial score (nSPS) is 17.0. The van der Waals surface area contributed by atoms with Crippen LogP contribution in [0.4, 0.5) is 0 Å². The summed E-state index contributed by atoms with van der Waals surface area (Å²) >= 11 is 0. The zero-order valence-corrected chi connectivity index (χ0v) is 11.1. The van der Waals surface area contributed by atoms with Crippen LogP contribution in [0.1, 0.15) is 16.8 Å². The van der Waals surface area contributed by atoms with E-state index in [-0.39, 0.29) is 6.10 Å². The summed E-state index contributed by atoms with van der Waals surface area (Å²) in [6.07, 6.45) is 3.13. The van der Waals surface area contributed by atoms with Crippen LogP contribution < -0.4 is 10.1 Å². The molecule has 0 radical (unpaired) electrons. The van der Waals surface area contributed by atoms with Crippen molar-refractivity contribution in [3.8, 4) is 5.75 Å². The highest BCUT2D eigenvalue weighted by Gasteiger charge is 2.21. The van der Waals surface area contributed by atoms with E-state index in [9.17, 15) is 0 Å². The lowest BCUT2D eigenvalue weighted by atomic mass is 10.1. The first kappa shape index (κ1) is 12.2. The Morgan fingerprint density at radius 2 is 2.16 bits per heavy atom. The first-order chi connectivity index (χ1) is 9.31. The average molecular weight is 254 g/mol. The van der Waals surface area contributed by atoms with Gasteiger partial charge < -0.3 is 10.1 Å². The third-order valence-corrected chi connectivity index (χ3v) is 3.36. The minimum absolute atomic E-state index is 0.239. The topological polar surface area (TPSA) is 34.1 Å². The highest BCUT2D eigenvalue weighted by Crippen LogP contribution is 2.27. The maximum absolute atomic E-state index is 5.88. The van der Waals surface area contributed by atoms with E-state index in [1.54, 1.807) is 0 Å². The molecule has 1 unspecified atom stereocenters. The van der Waals surface area contributed by atoms with Gasteiger partial charge in [-0.05, 0) is 30.2 Å². The third kappa shape index (κ3) is 2.93. The summed E-state index contributed by atoms with van der Waals surface area (Å²) in [5.74, 6) is 1.03. The van der Waals surface area contributed by atoms with E-state index in [1.165, 1.54) is 11.1 Å². The van der Waals surface area contributed by atoms with Crippen molar-refractivity contribution in [2.24, 2.45) is 0 Å². The summed E-state index contributed by atoms with van der Waals surface area (Å²) in [6.45, 7) is 3.69. The summed E-state index contributed by atoms with van der Waals surface area (Å²) < 4.78 is 5.88. The molecule has 19 heavy (non-hydrogen) atoms. The Bertz CT molecular complexity index is 526. The lowest BCUT2D eigenvalue weighted by Gasteiger charge is -2.11. The lowest BCUT2D eigenvalue weighted by molar-refractivity contribution is 0.227. The van der Waals surface area contributed by atoms with Crippen molar-refractivity contribution >= 4 is 0 Å². The molecule has 98 valence electrons. The minimum Gasteiger partial charge on any atom is -0.488 e. The third-order valence-electron chi connectivity index (χ3n) is 3.36. The van der Waals surface area contributed by atoms with Gasteiger partial charge in [0.25, 0.3) is 0 Å². The number of aryl methyl sites for hydroxylation is 1. The molecule has 0 spiro atoms. The van der Waals surface area contributed by atoms with Crippen LogP contribution in [0.25, 0.3) is 0 Å². The predicted octanol–water partition coefficient (Wildman–Crippen LogP) is 2.48. The summed E-state index contributed by atoms with van der Waals surface area (Å²) in [7, 11) is 0. The van der Waals surface area contributed by atoms with Crippen LogP contribution in [0.5, 0.6) is 5.75 Å². The molecule has 1 aromatic heterocycles. The number of rotatable bonds is 4. The van der Waals surface area contributed by atoms with E-state index in [0.717, 1.165) is 31.0 Å². The Morgan fingerprint density at radius 1 is 1.26 bits per heavy atom. The Labute approximate surface area is 113 Å². The number of pyridine rings is 1. The van der Waals surface area contributed by atoms with Crippen molar-refractivity contribution in [3.05, 3.63) is 59.4 Å². The fourth-order valence-electron chi connectivity index (χ4n) is 2.33. The van der Waals surface area contributed by atoms with Gasteiger partial charge in [-0.25, -0.2) is 0 Å². The monoisotopic (exact) mass is 254 g/mol. The SMILES string of the molecule is Cc1ccc(CNCC2Cc3ccccc3O2)nc1. The summed E-state index contributed by atoms with van der Waals surface area (Å²) in [5, 5.41) is 3.41. The molecular weight excluding hydrogens is 236 g/mol. The second-order valence-corrected chi connectivity index (χ2v) is 5.01. The van der Waals surface area contributed by atoms with E-state index in [1.807, 2.05) is 25.3 Å². The molecule has 0 aliphatic carbocycles. The maximum Gasteiger partial charge on any atom is 0.123 e. The zero-order chi connectivity index (χ0) is 13.1. The molecule has 0 saturated heterocycles. The average Bonchev–Trinajstić information content (AvgIpc) is 2.83. The second-order valence-electron chi connectivity index (χ2n) is 5.01. The van der Waals surface area contributed by atoms with Gasteiger partial charge in [-0.3, -0.25) is 4.98 Å². The number of nitrogens with zero attached hydrogens (tertiary/aromatic N) is 1. The van der Waals surface area contributed by atoms with Gasteiger partial charge in [-0.1, -0.05) is 24.3 Å². The number of para-hydroxylation sites is 1. The van der Waals surface area contributed by atoms with Crippen molar-refractivity contribution in [2.45, 2.75) is 26.0 Å². The fourth-order valence-corrected chi connectivity index (χ4v) is 2.33. The van der Waals surface area contributed by atoms with Gasteiger partial charge in [0.1, 0.15) is 11.9 Å². The quantitative estimate of drug-likeness (QED) is 0.910. The smallest absolute Gasteiger partial charge is 0.123 e. The number of hydrogen-bond acceptors (Lipinski definition) is 3. The molecule has 1 aliphatic heterocycles. The van der Waals surface area contributed by atoms with Crippen LogP contribution in [0.2, 0.25) is 0 Å². The number of fused-ring (bicyclic) bond motifs is 1. The van der Waals surface area contributed by atoms with Gasteiger partial charge >= 0.3 is 0 Å². The molecule has 0 saturated carbocycles. The molecule has 2 aromatic rings. The highest BCUT2D eigenvalue weighted by molar-refractivity contribution is 5.37. The molecular formula is C16H18N2O. The first-order valence-electron chi connectivity index (χ1n) is 6.68. The van der Waals surface area contributed by atoms with Crippen LogP contribution in [0, 0.1) is 6.92 Å². The largest absolute Gasteiger partial charge is 0.488 e. The molecule has 1 aromatic carbocycles. The Balaban J connectivity index is 1.48. The number of aromatic nitrogens is 1. The summed E-state index contributed by atoms with van der Waals surface area (Å²) in [6, 6.07) is 12.4. The number of hydrogen-bond donors (Lipinski definition) is 1. The molecule has 0 bridgehead atoms. The Hall–Kier alpha value is -1.87. The van der Waals surface area contributed by atoms with E-state index in [2.05, 4.69) is 34.6 Å². The predicted molar refractivity (Wildman–Crippen MR) is 75.2 cm³/mol. The summed E-state index contributed by atoms with van der Waals surface area (Å²) in [5.41, 5.74) is 3.57. The van der Waals surface area contributed by atoms with Crippen LogP contribution >= 0.6 is 0 Å². The summed E-state index contributed by atoms with van der Waals surface area (Å²) in [4.78, 5) is 4.38. The molecule has 2 heterocycles. The van der Waals surface area contributed by atoms with Crippen LogP contribution in [0.15, 0.2) is 42.6 Å². The van der Waals surface area contributed by atoms with E-state index >= 15 is 0 Å². The standard InChI is InChI=1S/C16H18N2O/c1-12-6-7-14(18-9-12)10-17-11-15-8-13-4-2-3-5-16(13)19-15/h2-7,9,15,17H,8,10-11H2,1H3. The molecule has 3 rings (SSSR count). The molecule has 1 N–H and O–H groups in total. The van der Waals surface area contributed by atoms with Crippen molar-refractivity contribution in [3.63, 3.8) is 0 Å². The van der Waals surface area contributed by atoms with Crippen LogP contribution in [-0.4, -0.2) is 17.6 Å². The minimum atomic E-state index is 0.239. The molecule has 0 amide bonds. The zero-order valence-electron chi connectivity index (χ0n) is 11.1. The Morgan fingerprint density at radius 3 is 2.95 bits per heavy atom. The van der Waals surface area contributed by atoms with Crippen molar-refractivity contribution in [1.82, 2.24) is 10.3 Å². The molecule has 3 heteroatoms. The molecule has 1 aliphatic rings. The number of nitrogens with one attached hydrogen (secondary N) is 1. The van der Waals surface area contributed by atoms with Gasteiger partial charge in [0, 0.05) is 25.7 Å². The van der Waals surface area contributed by atoms with E-state index < -0.39 is 0 Å². The van der Waals surface area contributed by atoms with Crippen molar-refractivity contribution < 1.29 is 4.74 Å². The highest BCUT2D eigenvalue weighted by atomic mass is 16.5. The first-order valence-corrected chi connectivity index (χ1v) is 6.68. The molecule has 1 atom stereocenters. The van der Waals surface area contributed by atoms with Crippen molar-refractivity contribution in [1.29, 1.82) is 0 Å². The molecule has 0 fully saturated rings. The van der Waals surface area contributed by atoms with Crippen molar-refractivity contribution in [2.75, 3.05) is 6.54 Å². The maximum atomic E-state index is 5.88.